The van der Waals surface area contributed by atoms with Crippen molar-refractivity contribution in [2.45, 2.75) is 32.9 Å². The van der Waals surface area contributed by atoms with Crippen LogP contribution in [0, 0.1) is 6.92 Å². The van der Waals surface area contributed by atoms with Gasteiger partial charge in [0.1, 0.15) is 18.5 Å². The highest BCUT2D eigenvalue weighted by Crippen LogP contribution is 2.40. The highest BCUT2D eigenvalue weighted by atomic mass is 19.3. The summed E-state index contributed by atoms with van der Waals surface area (Å²) in [5.74, 6) is 0.0153. The molecule has 3 aromatic rings. The maximum absolute atomic E-state index is 13.8. The molecule has 162 valence electrons. The van der Waals surface area contributed by atoms with E-state index < -0.39 is 18.1 Å². The van der Waals surface area contributed by atoms with Crippen molar-refractivity contribution in [1.29, 1.82) is 0 Å². The van der Waals surface area contributed by atoms with E-state index >= 15 is 0 Å². The predicted molar refractivity (Wildman–Crippen MR) is 105 cm³/mol. The standard InChI is InChI=1S/C20H19F2N5O4/c1-12-7-6-9-16(27-19(28)26(3)24-25-27)15(12)11-29-23-13(2)18-14-8-4-5-10-17(14)30-20(21,22)31-18/h4-10,18H,11H2,1-3H3. The molecule has 4 rings (SSSR count). The Bertz CT molecular complexity index is 1200. The number of para-hydroxylation sites is 1. The maximum atomic E-state index is 13.8. The molecule has 0 bridgehead atoms. The number of hydrogen-bond donors (Lipinski definition) is 0. The second kappa shape index (κ2) is 7.91. The average Bonchev–Trinajstić information content (AvgIpc) is 3.06. The molecule has 2 aromatic carbocycles. The van der Waals surface area contributed by atoms with Gasteiger partial charge in [0.2, 0.25) is 0 Å². The summed E-state index contributed by atoms with van der Waals surface area (Å²) in [7, 11) is 1.49. The molecule has 1 aliphatic rings. The van der Waals surface area contributed by atoms with E-state index in [1.807, 2.05) is 13.0 Å². The zero-order chi connectivity index (χ0) is 22.2. The number of benzene rings is 2. The van der Waals surface area contributed by atoms with Gasteiger partial charge in [-0.05, 0) is 42.0 Å². The largest absolute Gasteiger partial charge is 0.536 e. The van der Waals surface area contributed by atoms with Gasteiger partial charge in [-0.2, -0.15) is 9.36 Å². The van der Waals surface area contributed by atoms with Crippen molar-refractivity contribution in [1.82, 2.24) is 19.8 Å². The number of oxime groups is 1. The molecule has 1 atom stereocenters. The van der Waals surface area contributed by atoms with Crippen molar-refractivity contribution in [2.24, 2.45) is 12.2 Å². The average molecular weight is 431 g/mol. The van der Waals surface area contributed by atoms with Crippen molar-refractivity contribution in [2.75, 3.05) is 0 Å². The van der Waals surface area contributed by atoms with Crippen LogP contribution in [0.2, 0.25) is 0 Å². The van der Waals surface area contributed by atoms with Crippen molar-refractivity contribution < 1.29 is 23.1 Å². The van der Waals surface area contributed by atoms with E-state index in [2.05, 4.69) is 20.3 Å². The number of nitrogens with zero attached hydrogens (tertiary/aromatic N) is 5. The van der Waals surface area contributed by atoms with Gasteiger partial charge in [-0.1, -0.05) is 35.5 Å². The van der Waals surface area contributed by atoms with E-state index in [-0.39, 0.29) is 18.1 Å². The Hall–Kier alpha value is -3.60. The molecular formula is C20H19F2N5O4. The number of aryl methyl sites for hydroxylation is 2. The maximum Gasteiger partial charge on any atom is 0.536 e. The summed E-state index contributed by atoms with van der Waals surface area (Å²) in [4.78, 5) is 17.7. The first-order chi connectivity index (χ1) is 14.8. The van der Waals surface area contributed by atoms with E-state index in [0.29, 0.717) is 16.8 Å². The van der Waals surface area contributed by atoms with Crippen LogP contribution in [0.25, 0.3) is 5.69 Å². The van der Waals surface area contributed by atoms with Crippen LogP contribution in [-0.2, 0) is 23.2 Å². The van der Waals surface area contributed by atoms with E-state index in [1.54, 1.807) is 30.3 Å². The summed E-state index contributed by atoms with van der Waals surface area (Å²) in [5, 5.41) is 11.6. The van der Waals surface area contributed by atoms with Crippen molar-refractivity contribution in [3.63, 3.8) is 0 Å². The second-order valence-corrected chi connectivity index (χ2v) is 6.98. The Labute approximate surface area is 175 Å². The lowest BCUT2D eigenvalue weighted by Crippen LogP contribution is -2.37. The molecule has 0 N–H and O–H groups in total. The molecule has 0 spiro atoms. The third-order valence-corrected chi connectivity index (χ3v) is 4.82. The Balaban J connectivity index is 1.59. The molecule has 0 radical (unpaired) electrons. The van der Waals surface area contributed by atoms with Crippen LogP contribution < -0.4 is 10.4 Å². The molecule has 1 aromatic heterocycles. The summed E-state index contributed by atoms with van der Waals surface area (Å²) in [6, 6.07) is 11.7. The van der Waals surface area contributed by atoms with E-state index in [9.17, 15) is 13.6 Å². The first-order valence-electron chi connectivity index (χ1n) is 9.35. The number of rotatable bonds is 5. The quantitative estimate of drug-likeness (QED) is 0.456. The summed E-state index contributed by atoms with van der Waals surface area (Å²) in [6.07, 6.45) is -4.93. The predicted octanol–water partition coefficient (Wildman–Crippen LogP) is 2.87. The number of hydrogen-bond acceptors (Lipinski definition) is 7. The zero-order valence-electron chi connectivity index (χ0n) is 17.0. The van der Waals surface area contributed by atoms with Gasteiger partial charge in [-0.25, -0.2) is 4.79 Å². The lowest BCUT2D eigenvalue weighted by atomic mass is 10.0. The minimum absolute atomic E-state index is 0.0153. The van der Waals surface area contributed by atoms with Gasteiger partial charge in [-0.15, -0.1) is 8.78 Å². The molecule has 0 fully saturated rings. The van der Waals surface area contributed by atoms with Gasteiger partial charge < -0.3 is 9.57 Å². The molecular weight excluding hydrogens is 412 g/mol. The minimum atomic E-state index is -3.79. The molecule has 0 amide bonds. The second-order valence-electron chi connectivity index (χ2n) is 6.98. The van der Waals surface area contributed by atoms with Crippen LogP contribution in [0.15, 0.2) is 52.4 Å². The molecule has 9 nitrogen and oxygen atoms in total. The SMILES string of the molecule is CC(=NOCc1c(C)cccc1-n1nnn(C)c1=O)C1OC(F)(F)Oc2ccccc21. The van der Waals surface area contributed by atoms with Crippen molar-refractivity contribution in [3.8, 4) is 11.4 Å². The number of ether oxygens (including phenoxy) is 2. The Morgan fingerprint density at radius 3 is 2.74 bits per heavy atom. The lowest BCUT2D eigenvalue weighted by Gasteiger charge is -2.30. The topological polar surface area (TPSA) is 92.8 Å². The smallest absolute Gasteiger partial charge is 0.409 e. The number of alkyl halides is 2. The minimum Gasteiger partial charge on any atom is -0.409 e. The van der Waals surface area contributed by atoms with Crippen LogP contribution in [0.1, 0.15) is 29.7 Å². The molecule has 31 heavy (non-hydrogen) atoms. The third kappa shape index (κ3) is 4.04. The summed E-state index contributed by atoms with van der Waals surface area (Å²) >= 11 is 0. The fourth-order valence-electron chi connectivity index (χ4n) is 3.24. The van der Waals surface area contributed by atoms with Crippen LogP contribution in [-0.4, -0.2) is 31.8 Å². The lowest BCUT2D eigenvalue weighted by molar-refractivity contribution is -0.372. The van der Waals surface area contributed by atoms with E-state index in [0.717, 1.165) is 14.9 Å². The molecule has 0 saturated heterocycles. The van der Waals surface area contributed by atoms with Gasteiger partial charge in [0, 0.05) is 18.2 Å². The van der Waals surface area contributed by atoms with E-state index in [4.69, 9.17) is 9.57 Å². The Morgan fingerprint density at radius 2 is 2.00 bits per heavy atom. The first kappa shape index (κ1) is 20.7. The van der Waals surface area contributed by atoms with Crippen LogP contribution >= 0.6 is 0 Å². The summed E-state index contributed by atoms with van der Waals surface area (Å²) < 4.78 is 39.2. The van der Waals surface area contributed by atoms with Crippen LogP contribution in [0.4, 0.5) is 8.78 Å². The van der Waals surface area contributed by atoms with Gasteiger partial charge >= 0.3 is 12.0 Å². The highest BCUT2D eigenvalue weighted by molar-refractivity contribution is 5.88. The fourth-order valence-corrected chi connectivity index (χ4v) is 3.24. The van der Waals surface area contributed by atoms with Gasteiger partial charge in [-0.3, -0.25) is 4.74 Å². The number of halogens is 2. The molecule has 1 unspecified atom stereocenters. The third-order valence-electron chi connectivity index (χ3n) is 4.82. The Morgan fingerprint density at radius 1 is 1.23 bits per heavy atom. The fraction of sp³-hybridized carbons (Fsp3) is 0.300. The monoisotopic (exact) mass is 431 g/mol. The summed E-state index contributed by atoms with van der Waals surface area (Å²) in [5.41, 5.74) is 2.16. The van der Waals surface area contributed by atoms with Crippen molar-refractivity contribution >= 4 is 5.71 Å². The van der Waals surface area contributed by atoms with Gasteiger partial charge in [0.15, 0.2) is 0 Å². The number of fused-ring (bicyclic) bond motifs is 1. The highest BCUT2D eigenvalue weighted by Gasteiger charge is 2.44. The summed E-state index contributed by atoms with van der Waals surface area (Å²) in [6.45, 7) is 3.34. The molecule has 11 heteroatoms. The van der Waals surface area contributed by atoms with Gasteiger partial charge in [0.05, 0.1) is 11.4 Å². The number of tetrazole rings is 1. The molecule has 2 heterocycles. The molecule has 0 saturated carbocycles. The normalized spacial score (nSPS) is 17.7. The van der Waals surface area contributed by atoms with Gasteiger partial charge in [0.25, 0.3) is 0 Å². The molecule has 1 aliphatic heterocycles. The Kier molecular flexibility index (Phi) is 5.27. The number of aromatic nitrogens is 4. The van der Waals surface area contributed by atoms with Crippen LogP contribution in [0.3, 0.4) is 0 Å². The first-order valence-corrected chi connectivity index (χ1v) is 9.35. The van der Waals surface area contributed by atoms with Crippen LogP contribution in [0.5, 0.6) is 5.75 Å². The zero-order valence-corrected chi connectivity index (χ0v) is 17.0. The molecule has 0 aliphatic carbocycles. The van der Waals surface area contributed by atoms with Crippen molar-refractivity contribution in [3.05, 3.63) is 69.6 Å². The van der Waals surface area contributed by atoms with E-state index in [1.165, 1.54) is 20.0 Å².